The minimum atomic E-state index is -4.72. The molecule has 372 valence electrons. The third-order valence-corrected chi connectivity index (χ3v) is 15.7. The highest BCUT2D eigenvalue weighted by atomic mass is 32.2. The summed E-state index contributed by atoms with van der Waals surface area (Å²) in [6, 6.07) is 12.8. The van der Waals surface area contributed by atoms with Crippen molar-refractivity contribution in [2.75, 3.05) is 23.0 Å². The molecule has 2 aromatic heterocycles. The Morgan fingerprint density at radius 1 is 0.609 bits per heavy atom. The number of fused-ring (bicyclic) bond motifs is 6. The molecule has 0 atom stereocenters. The molecule has 0 saturated carbocycles. The number of hydrogen-bond donors (Lipinski definition) is 7. The Morgan fingerprint density at radius 2 is 1.06 bits per heavy atom. The summed E-state index contributed by atoms with van der Waals surface area (Å²) in [6.07, 6.45) is 0.197. The average Bonchev–Trinajstić information content (AvgIpc) is 3.80. The first-order valence-corrected chi connectivity index (χ1v) is 29.4. The average molecular weight is 1150 g/mol. The van der Waals surface area contributed by atoms with Gasteiger partial charge in [0, 0.05) is 21.4 Å². The van der Waals surface area contributed by atoms with Crippen molar-refractivity contribution in [2.24, 2.45) is 10.2 Å². The lowest BCUT2D eigenvalue weighted by molar-refractivity contribution is 0.480. The Kier molecular flexibility index (Phi) is 17.8. The van der Waals surface area contributed by atoms with Crippen molar-refractivity contribution in [1.82, 2.24) is 9.97 Å². The fourth-order valence-corrected chi connectivity index (χ4v) is 11.6. The van der Waals surface area contributed by atoms with E-state index >= 15 is 0 Å². The van der Waals surface area contributed by atoms with Crippen molar-refractivity contribution >= 4 is 170 Å². The number of nitrogens with zero attached hydrogens (tertiary/aromatic N) is 4. The van der Waals surface area contributed by atoms with Crippen molar-refractivity contribution in [3.05, 3.63) is 66.2 Å². The highest BCUT2D eigenvalue weighted by molar-refractivity contribution is 7.99. The topological polar surface area (TPSA) is 477 Å². The van der Waals surface area contributed by atoms with E-state index in [0.29, 0.717) is 43.1 Å². The molecule has 0 aliphatic rings. The predicted molar refractivity (Wildman–Crippen MR) is 249 cm³/mol. The molecule has 0 saturated heterocycles. The lowest BCUT2D eigenvalue weighted by Crippen LogP contribution is -2.04. The molecular formula is C32H28N6O21S10. The standard InChI is InChI=1S/C21H20N4O9S5.C11H8N2O6S3.2O3S/c1-11-7-15(22)17(35-5-2-6-37(26,27)28)10-16(11)24-25-21-23-19-18(39(32,33)34)8-12-3-4-13(38(29,30)31)9-14(12)20(19)36-21;12-11-13-9-8(22(17,18)19)3-5-1-2-6(21(14,15)16)4-7(5)10(9)20-11;2*1-4(2)3/h3-4,7-10H,2,5-6,22H2,1H3,(H,26,27,28)(H,29,30,31)(H,32,33,34);1-4H,(H2,12,13)(H,14,15,16)(H,17,18,19);;. The van der Waals surface area contributed by atoms with Gasteiger partial charge in [0.1, 0.15) is 20.8 Å². The van der Waals surface area contributed by atoms with Gasteiger partial charge in [0.25, 0.3) is 50.6 Å². The molecule has 27 nitrogen and oxygen atoms in total. The van der Waals surface area contributed by atoms with Gasteiger partial charge in [-0.25, -0.2) is 9.97 Å². The summed E-state index contributed by atoms with van der Waals surface area (Å²) in [5.41, 5.74) is 12.9. The molecule has 7 aromatic rings. The van der Waals surface area contributed by atoms with Crippen LogP contribution >= 0.6 is 34.4 Å². The van der Waals surface area contributed by atoms with Crippen LogP contribution in [-0.4, -0.2) is 112 Å². The third kappa shape index (κ3) is 15.6. The molecule has 0 aliphatic heterocycles. The van der Waals surface area contributed by atoms with E-state index in [0.717, 1.165) is 46.9 Å². The predicted octanol–water partition coefficient (Wildman–Crippen LogP) is 4.14. The lowest BCUT2D eigenvalue weighted by Gasteiger charge is -2.08. The molecule has 69 heavy (non-hydrogen) atoms. The number of thiazole rings is 2. The van der Waals surface area contributed by atoms with Gasteiger partial charge in [-0.2, -0.15) is 42.1 Å². The minimum absolute atomic E-state index is 0.00163. The molecule has 5 aromatic carbocycles. The minimum Gasteiger partial charge on any atom is -0.398 e. The second-order valence-electron chi connectivity index (χ2n) is 13.1. The zero-order valence-corrected chi connectivity index (χ0v) is 41.9. The van der Waals surface area contributed by atoms with Gasteiger partial charge in [-0.15, -0.1) is 47.2 Å². The van der Waals surface area contributed by atoms with Crippen molar-refractivity contribution in [2.45, 2.75) is 37.8 Å². The van der Waals surface area contributed by atoms with Crippen LogP contribution in [0, 0.1) is 6.92 Å². The number of rotatable bonds is 11. The molecule has 7 rings (SSSR count). The number of nitrogen functional groups attached to an aromatic ring is 2. The maximum absolute atomic E-state index is 12.1. The maximum Gasteiger partial charge on any atom is 0.425 e. The molecule has 0 bridgehead atoms. The molecule has 37 heteroatoms. The summed E-state index contributed by atoms with van der Waals surface area (Å²) in [5.74, 6) is -0.0273. The quantitative estimate of drug-likeness (QED) is 0.0314. The normalized spacial score (nSPS) is 12.3. The number of anilines is 2. The number of azo groups is 1. The van der Waals surface area contributed by atoms with E-state index in [9.17, 15) is 55.7 Å². The van der Waals surface area contributed by atoms with Crippen LogP contribution in [0.3, 0.4) is 0 Å². The Balaban J connectivity index is 0.000000288. The number of thioether (sulfide) groups is 1. The highest BCUT2D eigenvalue weighted by Gasteiger charge is 2.24. The molecule has 0 unspecified atom stereocenters. The van der Waals surface area contributed by atoms with E-state index in [-0.39, 0.29) is 53.8 Å². The van der Waals surface area contributed by atoms with E-state index < -0.39 is 86.5 Å². The van der Waals surface area contributed by atoms with Crippen LogP contribution in [0.15, 0.2) is 95.4 Å². The Labute approximate surface area is 404 Å². The zero-order chi connectivity index (χ0) is 52.2. The van der Waals surface area contributed by atoms with Crippen LogP contribution in [-0.2, 0) is 71.8 Å². The molecule has 0 spiro atoms. The monoisotopic (exact) mass is 1150 g/mol. The fraction of sp³-hybridized carbons (Fsp3) is 0.125. The maximum atomic E-state index is 12.1. The molecule has 0 fully saturated rings. The second kappa shape index (κ2) is 21.8. The van der Waals surface area contributed by atoms with Crippen molar-refractivity contribution < 1.29 is 90.1 Å². The van der Waals surface area contributed by atoms with E-state index in [2.05, 4.69) is 20.2 Å². The summed E-state index contributed by atoms with van der Waals surface area (Å²) in [4.78, 5) is 6.99. The summed E-state index contributed by atoms with van der Waals surface area (Å²) in [5, 5.41) is 9.60. The third-order valence-electron chi connectivity index (χ3n) is 8.37. The summed E-state index contributed by atoms with van der Waals surface area (Å²) in [7, 11) is -28.5. The van der Waals surface area contributed by atoms with Crippen LogP contribution in [0.5, 0.6) is 0 Å². The SMILES string of the molecule is Cc1cc(N)c(SCCCS(=O)(=O)O)cc1N=Nc1nc2c(S(=O)(=O)O)cc3ccc(S(=O)(=O)O)cc3c2s1.Nc1nc2c(S(=O)(=O)O)cc3ccc(S(=O)(=O)O)cc3c2s1.O=S(=O)=O.O=S(=O)=O. The van der Waals surface area contributed by atoms with Gasteiger partial charge >= 0.3 is 21.2 Å². The van der Waals surface area contributed by atoms with Gasteiger partial charge in [-0.1, -0.05) is 34.8 Å². The van der Waals surface area contributed by atoms with Crippen molar-refractivity contribution in [3.8, 4) is 0 Å². The van der Waals surface area contributed by atoms with Crippen LogP contribution in [0.25, 0.3) is 42.0 Å². The van der Waals surface area contributed by atoms with Gasteiger partial charge in [-0.05, 0) is 84.0 Å². The lowest BCUT2D eigenvalue weighted by atomic mass is 10.1. The summed E-state index contributed by atoms with van der Waals surface area (Å²) in [6.45, 7) is 1.73. The second-order valence-corrected chi connectivity index (χ2v) is 24.2. The van der Waals surface area contributed by atoms with Crippen LogP contribution in [0.4, 0.5) is 21.6 Å². The molecule has 0 amide bonds. The molecule has 0 radical (unpaired) electrons. The number of hydrogen-bond acceptors (Lipinski definition) is 25. The van der Waals surface area contributed by atoms with Crippen molar-refractivity contribution in [3.63, 3.8) is 0 Å². The van der Waals surface area contributed by atoms with E-state index in [1.807, 2.05) is 0 Å². The van der Waals surface area contributed by atoms with E-state index in [1.165, 1.54) is 36.0 Å². The molecule has 0 aliphatic carbocycles. The van der Waals surface area contributed by atoms with Crippen LogP contribution < -0.4 is 11.5 Å². The van der Waals surface area contributed by atoms with Gasteiger partial charge in [0.2, 0.25) is 5.13 Å². The number of nitrogens with two attached hydrogens (primary N) is 2. The smallest absolute Gasteiger partial charge is 0.398 e. The van der Waals surface area contributed by atoms with Crippen LogP contribution in [0.1, 0.15) is 12.0 Å². The largest absolute Gasteiger partial charge is 0.425 e. The first-order valence-electron chi connectivity index (χ1n) is 17.4. The first kappa shape index (κ1) is 56.3. The summed E-state index contributed by atoms with van der Waals surface area (Å²) < 4.78 is 212. The highest BCUT2D eigenvalue weighted by Crippen LogP contribution is 2.41. The van der Waals surface area contributed by atoms with Gasteiger partial charge in [0.15, 0.2) is 5.13 Å². The number of aromatic nitrogens is 2. The van der Waals surface area contributed by atoms with Gasteiger partial charge < -0.3 is 11.5 Å². The van der Waals surface area contributed by atoms with Gasteiger partial charge in [-0.3, -0.25) is 22.8 Å². The van der Waals surface area contributed by atoms with Gasteiger partial charge in [0.05, 0.1) is 30.6 Å². The molecule has 2 heterocycles. The Morgan fingerprint density at radius 3 is 1.49 bits per heavy atom. The molecular weight excluding hydrogens is 1130 g/mol. The van der Waals surface area contributed by atoms with Crippen LogP contribution in [0.2, 0.25) is 0 Å². The molecule has 9 N–H and O–H groups in total. The Bertz CT molecular complexity index is 4010. The summed E-state index contributed by atoms with van der Waals surface area (Å²) >= 11 is 3.11. The van der Waals surface area contributed by atoms with E-state index in [1.54, 1.807) is 19.1 Å². The first-order chi connectivity index (χ1) is 31.6. The van der Waals surface area contributed by atoms with E-state index in [4.69, 9.17) is 45.8 Å². The Hall–Kier alpha value is -5.26. The fourth-order valence-electron chi connectivity index (χ4n) is 5.69. The zero-order valence-electron chi connectivity index (χ0n) is 33.7. The van der Waals surface area contributed by atoms with Crippen molar-refractivity contribution in [1.29, 1.82) is 0 Å². The number of benzene rings is 5. The number of aryl methyl sites for hydroxylation is 1.